The molecular formula is C24H24N4O3. The van der Waals surface area contributed by atoms with Crippen LogP contribution in [0.3, 0.4) is 0 Å². The fraction of sp³-hybridized carbons (Fsp3) is 0.208. The first-order valence-electron chi connectivity index (χ1n) is 9.97. The van der Waals surface area contributed by atoms with Crippen LogP contribution in [0.25, 0.3) is 11.0 Å². The molecule has 0 fully saturated rings. The lowest BCUT2D eigenvalue weighted by Gasteiger charge is -2.18. The summed E-state index contributed by atoms with van der Waals surface area (Å²) >= 11 is 0. The van der Waals surface area contributed by atoms with Gasteiger partial charge in [0.05, 0.1) is 38.6 Å². The molecule has 1 N–H and O–H groups in total. The molecule has 1 unspecified atom stereocenters. The molecule has 2 aromatic heterocycles. The highest BCUT2D eigenvalue weighted by Gasteiger charge is 2.17. The molecule has 158 valence electrons. The number of hydrogen-bond acceptors (Lipinski definition) is 5. The maximum Gasteiger partial charge on any atom is 0.253 e. The molecule has 31 heavy (non-hydrogen) atoms. The summed E-state index contributed by atoms with van der Waals surface area (Å²) in [4.78, 5) is 17.3. The molecule has 0 spiro atoms. The Hall–Kier alpha value is -3.87. The van der Waals surface area contributed by atoms with Crippen LogP contribution in [0.15, 0.2) is 67.0 Å². The van der Waals surface area contributed by atoms with E-state index in [1.807, 2.05) is 60.1 Å². The Kier molecular flexibility index (Phi) is 5.84. The predicted molar refractivity (Wildman–Crippen MR) is 118 cm³/mol. The van der Waals surface area contributed by atoms with Crippen LogP contribution in [0.4, 0.5) is 0 Å². The number of pyridine rings is 1. The van der Waals surface area contributed by atoms with Crippen molar-refractivity contribution >= 4 is 16.9 Å². The highest BCUT2D eigenvalue weighted by Crippen LogP contribution is 2.29. The van der Waals surface area contributed by atoms with E-state index in [2.05, 4.69) is 15.4 Å². The molecule has 4 aromatic rings. The van der Waals surface area contributed by atoms with Gasteiger partial charge in [-0.3, -0.25) is 4.79 Å². The molecule has 0 aliphatic carbocycles. The highest BCUT2D eigenvalue weighted by atomic mass is 16.5. The van der Waals surface area contributed by atoms with Gasteiger partial charge in [-0.05, 0) is 30.7 Å². The molecular weight excluding hydrogens is 392 g/mol. The van der Waals surface area contributed by atoms with Crippen molar-refractivity contribution in [1.82, 2.24) is 20.1 Å². The van der Waals surface area contributed by atoms with Crippen molar-refractivity contribution in [3.8, 4) is 11.5 Å². The quantitative estimate of drug-likeness (QED) is 0.493. The Morgan fingerprint density at radius 1 is 1.06 bits per heavy atom. The number of rotatable bonds is 7. The number of hydrogen-bond donors (Lipinski definition) is 1. The standard InChI is InChI=1S/C24H24N4O3/c1-16(21-10-9-20(30-2)12-22(21)31-3)27-24(29)19-11-18-14-26-28(23(18)25-13-19)15-17-7-5-4-6-8-17/h4-14,16H,15H2,1-3H3,(H,27,29). The first kappa shape index (κ1) is 20.4. The summed E-state index contributed by atoms with van der Waals surface area (Å²) in [5, 5.41) is 8.26. The molecule has 0 saturated carbocycles. The third kappa shape index (κ3) is 4.35. The van der Waals surface area contributed by atoms with Gasteiger partial charge in [-0.25, -0.2) is 9.67 Å². The number of fused-ring (bicyclic) bond motifs is 1. The molecule has 7 nitrogen and oxygen atoms in total. The first-order chi connectivity index (χ1) is 15.1. The summed E-state index contributed by atoms with van der Waals surface area (Å²) in [6.07, 6.45) is 3.32. The minimum atomic E-state index is -0.259. The van der Waals surface area contributed by atoms with E-state index in [9.17, 15) is 4.79 Å². The van der Waals surface area contributed by atoms with Crippen LogP contribution >= 0.6 is 0 Å². The molecule has 4 rings (SSSR count). The summed E-state index contributed by atoms with van der Waals surface area (Å²) in [5.41, 5.74) is 3.22. The van der Waals surface area contributed by atoms with Crippen LogP contribution in [-0.4, -0.2) is 34.9 Å². The fourth-order valence-electron chi connectivity index (χ4n) is 3.50. The maximum atomic E-state index is 12.8. The largest absolute Gasteiger partial charge is 0.497 e. The van der Waals surface area contributed by atoms with Gasteiger partial charge < -0.3 is 14.8 Å². The number of carbonyl (C=O) groups excluding carboxylic acids is 1. The van der Waals surface area contributed by atoms with Crippen LogP contribution < -0.4 is 14.8 Å². The lowest BCUT2D eigenvalue weighted by atomic mass is 10.1. The number of methoxy groups -OCH3 is 2. The van der Waals surface area contributed by atoms with E-state index >= 15 is 0 Å². The van der Waals surface area contributed by atoms with E-state index in [1.54, 1.807) is 32.7 Å². The van der Waals surface area contributed by atoms with Gasteiger partial charge in [0, 0.05) is 23.2 Å². The van der Waals surface area contributed by atoms with Crippen LogP contribution in [0.2, 0.25) is 0 Å². The molecule has 0 radical (unpaired) electrons. The molecule has 7 heteroatoms. The van der Waals surface area contributed by atoms with Gasteiger partial charge in [-0.15, -0.1) is 0 Å². The Labute approximate surface area is 180 Å². The van der Waals surface area contributed by atoms with E-state index in [1.165, 1.54) is 0 Å². The van der Waals surface area contributed by atoms with Gasteiger partial charge in [-0.1, -0.05) is 30.3 Å². The van der Waals surface area contributed by atoms with Crippen molar-refractivity contribution in [3.05, 3.63) is 83.7 Å². The summed E-state index contributed by atoms with van der Waals surface area (Å²) in [7, 11) is 3.20. The van der Waals surface area contributed by atoms with Crippen molar-refractivity contribution in [2.75, 3.05) is 14.2 Å². The average molecular weight is 416 g/mol. The zero-order valence-corrected chi connectivity index (χ0v) is 17.7. The zero-order valence-electron chi connectivity index (χ0n) is 17.7. The van der Waals surface area contributed by atoms with Crippen LogP contribution in [0.5, 0.6) is 11.5 Å². The van der Waals surface area contributed by atoms with E-state index in [0.717, 1.165) is 22.2 Å². The SMILES string of the molecule is COc1ccc(C(C)NC(=O)c2cnc3c(cnn3Cc3ccccc3)c2)c(OC)c1. The van der Waals surface area contributed by atoms with E-state index in [4.69, 9.17) is 9.47 Å². The molecule has 0 saturated heterocycles. The van der Waals surface area contributed by atoms with Crippen molar-refractivity contribution in [3.63, 3.8) is 0 Å². The number of carbonyl (C=O) groups is 1. The van der Waals surface area contributed by atoms with Crippen LogP contribution in [-0.2, 0) is 6.54 Å². The number of aromatic nitrogens is 3. The second-order valence-electron chi connectivity index (χ2n) is 7.23. The van der Waals surface area contributed by atoms with Gasteiger partial charge in [0.2, 0.25) is 0 Å². The minimum Gasteiger partial charge on any atom is -0.497 e. The summed E-state index contributed by atoms with van der Waals surface area (Å²) in [6, 6.07) is 17.1. The van der Waals surface area contributed by atoms with Gasteiger partial charge in [0.25, 0.3) is 5.91 Å². The van der Waals surface area contributed by atoms with E-state index in [0.29, 0.717) is 23.6 Å². The highest BCUT2D eigenvalue weighted by molar-refractivity contribution is 5.97. The molecule has 0 bridgehead atoms. The van der Waals surface area contributed by atoms with Crippen molar-refractivity contribution in [2.24, 2.45) is 0 Å². The molecule has 1 atom stereocenters. The minimum absolute atomic E-state index is 0.212. The van der Waals surface area contributed by atoms with E-state index in [-0.39, 0.29) is 11.9 Å². The second-order valence-corrected chi connectivity index (χ2v) is 7.23. The monoisotopic (exact) mass is 416 g/mol. The molecule has 0 aliphatic heterocycles. The lowest BCUT2D eigenvalue weighted by molar-refractivity contribution is 0.0939. The number of nitrogens with zero attached hydrogens (tertiary/aromatic N) is 3. The van der Waals surface area contributed by atoms with Crippen LogP contribution in [0, 0.1) is 0 Å². The van der Waals surface area contributed by atoms with Crippen molar-refractivity contribution in [2.45, 2.75) is 19.5 Å². The van der Waals surface area contributed by atoms with E-state index < -0.39 is 0 Å². The van der Waals surface area contributed by atoms with Gasteiger partial charge >= 0.3 is 0 Å². The van der Waals surface area contributed by atoms with Gasteiger partial charge in [0.15, 0.2) is 5.65 Å². The molecule has 2 aromatic carbocycles. The maximum absolute atomic E-state index is 12.8. The summed E-state index contributed by atoms with van der Waals surface area (Å²) < 4.78 is 12.5. The normalized spacial score (nSPS) is 11.8. The third-order valence-corrected chi connectivity index (χ3v) is 5.17. The topological polar surface area (TPSA) is 78.3 Å². The van der Waals surface area contributed by atoms with Crippen molar-refractivity contribution in [1.29, 1.82) is 0 Å². The summed E-state index contributed by atoms with van der Waals surface area (Å²) in [6.45, 7) is 2.53. The lowest BCUT2D eigenvalue weighted by Crippen LogP contribution is -2.27. The molecule has 2 heterocycles. The van der Waals surface area contributed by atoms with Gasteiger partial charge in [-0.2, -0.15) is 5.10 Å². The Morgan fingerprint density at radius 2 is 1.87 bits per heavy atom. The third-order valence-electron chi connectivity index (χ3n) is 5.17. The van der Waals surface area contributed by atoms with Crippen molar-refractivity contribution < 1.29 is 14.3 Å². The number of ether oxygens (including phenoxy) is 2. The zero-order chi connectivity index (χ0) is 21.8. The Morgan fingerprint density at radius 3 is 2.61 bits per heavy atom. The predicted octanol–water partition coefficient (Wildman–Crippen LogP) is 3.99. The Balaban J connectivity index is 1.52. The fourth-order valence-corrected chi connectivity index (χ4v) is 3.50. The number of benzene rings is 2. The Bertz CT molecular complexity index is 1200. The van der Waals surface area contributed by atoms with Crippen LogP contribution in [0.1, 0.15) is 34.5 Å². The second kappa shape index (κ2) is 8.87. The average Bonchev–Trinajstić information content (AvgIpc) is 3.21. The molecule has 0 aliphatic rings. The summed E-state index contributed by atoms with van der Waals surface area (Å²) in [5.74, 6) is 1.14. The van der Waals surface area contributed by atoms with Gasteiger partial charge in [0.1, 0.15) is 11.5 Å². The number of amides is 1. The first-order valence-corrected chi connectivity index (χ1v) is 9.97. The molecule has 1 amide bonds. The number of nitrogens with one attached hydrogen (secondary N) is 1. The smallest absolute Gasteiger partial charge is 0.253 e.